The van der Waals surface area contributed by atoms with Crippen molar-refractivity contribution in [3.05, 3.63) is 23.4 Å². The largest absolute Gasteiger partial charge is 0.496 e. The molecule has 0 aliphatic carbocycles. The lowest BCUT2D eigenvalue weighted by atomic mass is 10.4. The molecule has 2 heteroatoms. The lowest BCUT2D eigenvalue weighted by molar-refractivity contribution is 0.306. The first-order valence-electron chi connectivity index (χ1n) is 2.81. The summed E-state index contributed by atoms with van der Waals surface area (Å²) in [6.07, 6.45) is 2.76. The quantitative estimate of drug-likeness (QED) is 0.440. The van der Waals surface area contributed by atoms with Crippen molar-refractivity contribution in [3.8, 4) is 0 Å². The highest BCUT2D eigenvalue weighted by Crippen LogP contribution is 2.12. The van der Waals surface area contributed by atoms with Crippen molar-refractivity contribution in [2.24, 2.45) is 0 Å². The van der Waals surface area contributed by atoms with E-state index in [-0.39, 0.29) is 0 Å². The van der Waals surface area contributed by atoms with Gasteiger partial charge in [0.15, 0.2) is 0 Å². The van der Waals surface area contributed by atoms with E-state index >= 15 is 0 Å². The summed E-state index contributed by atoms with van der Waals surface area (Å²) in [6, 6.07) is 0. The minimum Gasteiger partial charge on any atom is -0.496 e. The molecule has 0 saturated heterocycles. The molecule has 0 bridgehead atoms. The van der Waals surface area contributed by atoms with E-state index in [1.54, 1.807) is 7.11 Å². The van der Waals surface area contributed by atoms with Gasteiger partial charge in [0, 0.05) is 0 Å². The highest BCUT2D eigenvalue weighted by molar-refractivity contribution is 6.31. The van der Waals surface area contributed by atoms with Gasteiger partial charge in [-0.2, -0.15) is 0 Å². The predicted molar refractivity (Wildman–Crippen MR) is 40.4 cm³/mol. The van der Waals surface area contributed by atoms with Crippen LogP contribution in [0.4, 0.5) is 0 Å². The van der Waals surface area contributed by atoms with Gasteiger partial charge in [-0.15, -0.1) is 0 Å². The molecular formula is C7H11ClO. The van der Waals surface area contributed by atoms with Gasteiger partial charge in [-0.1, -0.05) is 31.2 Å². The number of halogens is 1. The van der Waals surface area contributed by atoms with Gasteiger partial charge in [-0.3, -0.25) is 0 Å². The van der Waals surface area contributed by atoms with Gasteiger partial charge < -0.3 is 4.74 Å². The molecule has 0 spiro atoms. The van der Waals surface area contributed by atoms with Crippen LogP contribution in [-0.4, -0.2) is 7.11 Å². The average Bonchev–Trinajstić information content (AvgIpc) is 1.87. The first-order valence-corrected chi connectivity index (χ1v) is 3.19. The second kappa shape index (κ2) is 4.45. The fourth-order valence-electron chi connectivity index (χ4n) is 0.391. The maximum Gasteiger partial charge on any atom is 0.129 e. The van der Waals surface area contributed by atoms with Crippen molar-refractivity contribution in [3.63, 3.8) is 0 Å². The number of hydrogen-bond donors (Lipinski definition) is 0. The van der Waals surface area contributed by atoms with Crippen LogP contribution in [0.1, 0.15) is 13.3 Å². The second-order valence-corrected chi connectivity index (χ2v) is 1.99. The van der Waals surface area contributed by atoms with E-state index in [0.717, 1.165) is 6.42 Å². The maximum atomic E-state index is 5.67. The lowest BCUT2D eigenvalue weighted by Crippen LogP contribution is -1.82. The molecule has 0 unspecified atom stereocenters. The van der Waals surface area contributed by atoms with Crippen molar-refractivity contribution in [1.82, 2.24) is 0 Å². The molecule has 0 aliphatic heterocycles. The van der Waals surface area contributed by atoms with Gasteiger partial charge >= 0.3 is 0 Å². The summed E-state index contributed by atoms with van der Waals surface area (Å²) in [6.45, 7) is 5.57. The SMILES string of the molecule is C=C(OC)/C(Cl)=C\CC. The monoisotopic (exact) mass is 146 g/mol. The Kier molecular flexibility index (Phi) is 4.24. The van der Waals surface area contributed by atoms with Gasteiger partial charge in [0.25, 0.3) is 0 Å². The highest BCUT2D eigenvalue weighted by Gasteiger charge is 1.94. The van der Waals surface area contributed by atoms with Crippen LogP contribution in [-0.2, 0) is 4.74 Å². The molecule has 0 amide bonds. The molecule has 0 radical (unpaired) electrons. The summed E-state index contributed by atoms with van der Waals surface area (Å²) in [5.74, 6) is 0.526. The van der Waals surface area contributed by atoms with Gasteiger partial charge in [0.1, 0.15) is 5.76 Å². The average molecular weight is 147 g/mol. The van der Waals surface area contributed by atoms with E-state index in [9.17, 15) is 0 Å². The van der Waals surface area contributed by atoms with Crippen LogP contribution in [0.5, 0.6) is 0 Å². The Morgan fingerprint density at radius 3 is 2.67 bits per heavy atom. The van der Waals surface area contributed by atoms with Crippen LogP contribution >= 0.6 is 11.6 Å². The Balaban J connectivity index is 3.86. The molecule has 52 valence electrons. The summed E-state index contributed by atoms with van der Waals surface area (Å²) < 4.78 is 4.77. The summed E-state index contributed by atoms with van der Waals surface area (Å²) in [4.78, 5) is 0. The van der Waals surface area contributed by atoms with Crippen molar-refractivity contribution in [2.75, 3.05) is 7.11 Å². The fraction of sp³-hybridized carbons (Fsp3) is 0.429. The van der Waals surface area contributed by atoms with Crippen LogP contribution in [0, 0.1) is 0 Å². The molecule has 0 aromatic rings. The van der Waals surface area contributed by atoms with Crippen molar-refractivity contribution in [2.45, 2.75) is 13.3 Å². The summed E-state index contributed by atoms with van der Waals surface area (Å²) in [7, 11) is 1.55. The van der Waals surface area contributed by atoms with Gasteiger partial charge in [0.2, 0.25) is 0 Å². The number of hydrogen-bond acceptors (Lipinski definition) is 1. The first kappa shape index (κ1) is 8.57. The van der Waals surface area contributed by atoms with Gasteiger partial charge in [0.05, 0.1) is 12.1 Å². The zero-order valence-electron chi connectivity index (χ0n) is 5.78. The van der Waals surface area contributed by atoms with E-state index < -0.39 is 0 Å². The summed E-state index contributed by atoms with van der Waals surface area (Å²) >= 11 is 5.67. The smallest absolute Gasteiger partial charge is 0.129 e. The van der Waals surface area contributed by atoms with Crippen molar-refractivity contribution in [1.29, 1.82) is 0 Å². The highest BCUT2D eigenvalue weighted by atomic mass is 35.5. The summed E-state index contributed by atoms with van der Waals surface area (Å²) in [5.41, 5.74) is 0. The topological polar surface area (TPSA) is 9.23 Å². The second-order valence-electron chi connectivity index (χ2n) is 1.59. The van der Waals surface area contributed by atoms with Gasteiger partial charge in [-0.25, -0.2) is 0 Å². The Morgan fingerprint density at radius 2 is 2.33 bits per heavy atom. The predicted octanol–water partition coefficient (Wildman–Crippen LogP) is 2.68. The first-order chi connectivity index (χ1) is 4.22. The van der Waals surface area contributed by atoms with Crippen LogP contribution in [0.3, 0.4) is 0 Å². The fourth-order valence-corrected chi connectivity index (χ4v) is 0.622. The molecule has 0 saturated carbocycles. The zero-order chi connectivity index (χ0) is 7.28. The number of rotatable bonds is 3. The molecule has 0 heterocycles. The molecule has 0 fully saturated rings. The number of methoxy groups -OCH3 is 1. The van der Waals surface area contributed by atoms with E-state index in [1.165, 1.54) is 0 Å². The standard InChI is InChI=1S/C7H11ClO/c1-4-5-7(8)6(2)9-3/h5H,2,4H2,1,3H3/b7-5+. The van der Waals surface area contributed by atoms with Crippen LogP contribution in [0.15, 0.2) is 23.4 Å². The molecule has 0 aliphatic rings. The van der Waals surface area contributed by atoms with Crippen LogP contribution in [0.25, 0.3) is 0 Å². The van der Waals surface area contributed by atoms with Crippen LogP contribution < -0.4 is 0 Å². The van der Waals surface area contributed by atoms with E-state index in [4.69, 9.17) is 16.3 Å². The minimum absolute atomic E-state index is 0.526. The molecule has 0 rings (SSSR count). The third kappa shape index (κ3) is 3.20. The lowest BCUT2D eigenvalue weighted by Gasteiger charge is -1.99. The van der Waals surface area contributed by atoms with E-state index in [1.807, 2.05) is 13.0 Å². The molecule has 9 heavy (non-hydrogen) atoms. The molecule has 0 N–H and O–H groups in total. The maximum absolute atomic E-state index is 5.67. The molecular weight excluding hydrogens is 136 g/mol. The molecule has 0 aromatic heterocycles. The third-order valence-electron chi connectivity index (χ3n) is 0.896. The normalized spacial score (nSPS) is 11.2. The number of ether oxygens (including phenoxy) is 1. The van der Waals surface area contributed by atoms with Crippen LogP contribution in [0.2, 0.25) is 0 Å². The van der Waals surface area contributed by atoms with E-state index in [0.29, 0.717) is 10.8 Å². The van der Waals surface area contributed by atoms with Crippen molar-refractivity contribution < 1.29 is 4.74 Å². The molecule has 1 nitrogen and oxygen atoms in total. The third-order valence-corrected chi connectivity index (χ3v) is 1.26. The Morgan fingerprint density at radius 1 is 1.78 bits per heavy atom. The van der Waals surface area contributed by atoms with Crippen molar-refractivity contribution >= 4 is 11.6 Å². The Labute approximate surface area is 61.0 Å². The zero-order valence-corrected chi connectivity index (χ0v) is 6.53. The molecule has 0 atom stereocenters. The number of allylic oxidation sites excluding steroid dienone is 2. The Bertz CT molecular complexity index is 127. The van der Waals surface area contributed by atoms with E-state index in [2.05, 4.69) is 6.58 Å². The Hall–Kier alpha value is -0.430. The molecule has 0 aromatic carbocycles. The minimum atomic E-state index is 0.526. The summed E-state index contributed by atoms with van der Waals surface area (Å²) in [5, 5.41) is 0.597. The van der Waals surface area contributed by atoms with Gasteiger partial charge in [-0.05, 0) is 6.42 Å².